The van der Waals surface area contributed by atoms with Crippen LogP contribution in [0, 0.1) is 0 Å². The van der Waals surface area contributed by atoms with E-state index in [4.69, 9.17) is 14.6 Å². The third-order valence-electron chi connectivity index (χ3n) is 1.72. The third-order valence-corrected chi connectivity index (χ3v) is 1.72. The molecule has 4 heteroatoms. The molecule has 1 saturated heterocycles. The van der Waals surface area contributed by atoms with Crippen LogP contribution in [0.1, 0.15) is 0 Å². The van der Waals surface area contributed by atoms with Crippen molar-refractivity contribution in [1.29, 1.82) is 0 Å². The zero-order valence-electron chi connectivity index (χ0n) is 6.28. The topological polar surface area (TPSA) is 41.9 Å². The van der Waals surface area contributed by atoms with Crippen LogP contribution in [0.15, 0.2) is 0 Å². The quantitative estimate of drug-likeness (QED) is 0.557. The Labute approximate surface area is 60.3 Å². The Hall–Kier alpha value is -0.160. The standard InChI is InChI=1S/C6H13NO3/c1-7-5(3-9-2)4-10-6(7)8/h5-6,8H,3-4H2,1-2H3/t5-,6?/m0/s1. The zero-order valence-corrected chi connectivity index (χ0v) is 6.28. The molecule has 1 aliphatic rings. The number of ether oxygens (including phenoxy) is 2. The maximum absolute atomic E-state index is 9.04. The predicted octanol–water partition coefficient (Wildman–Crippen LogP) is -0.761. The Kier molecular flexibility index (Phi) is 2.62. The van der Waals surface area contributed by atoms with Crippen LogP contribution in [0.25, 0.3) is 0 Å². The molecule has 0 amide bonds. The Morgan fingerprint density at radius 2 is 2.50 bits per heavy atom. The number of aliphatic hydroxyl groups is 1. The van der Waals surface area contributed by atoms with Crippen LogP contribution in [0.2, 0.25) is 0 Å². The van der Waals surface area contributed by atoms with E-state index >= 15 is 0 Å². The van der Waals surface area contributed by atoms with Gasteiger partial charge in [-0.05, 0) is 7.05 Å². The SMILES string of the molecule is COC[C@H]1COC(O)N1C. The van der Waals surface area contributed by atoms with Gasteiger partial charge in [0.15, 0.2) is 0 Å². The molecule has 0 aromatic heterocycles. The van der Waals surface area contributed by atoms with E-state index in [9.17, 15) is 0 Å². The lowest BCUT2D eigenvalue weighted by molar-refractivity contribution is -0.128. The second-order valence-corrected chi connectivity index (χ2v) is 2.43. The molecule has 0 aromatic carbocycles. The smallest absolute Gasteiger partial charge is 0.216 e. The lowest BCUT2D eigenvalue weighted by Crippen LogP contribution is -2.35. The Morgan fingerprint density at radius 3 is 2.90 bits per heavy atom. The van der Waals surface area contributed by atoms with Crippen LogP contribution in [-0.2, 0) is 9.47 Å². The highest BCUT2D eigenvalue weighted by molar-refractivity contribution is 4.72. The molecule has 1 fully saturated rings. The predicted molar refractivity (Wildman–Crippen MR) is 35.4 cm³/mol. The normalized spacial score (nSPS) is 35.1. The van der Waals surface area contributed by atoms with Crippen LogP contribution in [-0.4, -0.2) is 49.8 Å². The highest BCUT2D eigenvalue weighted by Gasteiger charge is 2.29. The van der Waals surface area contributed by atoms with Crippen molar-refractivity contribution in [2.45, 2.75) is 12.5 Å². The maximum atomic E-state index is 9.04. The van der Waals surface area contributed by atoms with E-state index in [0.29, 0.717) is 13.2 Å². The summed E-state index contributed by atoms with van der Waals surface area (Å²) in [7, 11) is 3.44. The molecule has 0 spiro atoms. The van der Waals surface area contributed by atoms with Gasteiger partial charge in [-0.2, -0.15) is 0 Å². The first kappa shape index (κ1) is 7.94. The van der Waals surface area contributed by atoms with E-state index in [1.54, 1.807) is 19.1 Å². The van der Waals surface area contributed by atoms with Crippen molar-refractivity contribution in [2.24, 2.45) is 0 Å². The fraction of sp³-hybridized carbons (Fsp3) is 1.00. The molecule has 1 rings (SSSR count). The van der Waals surface area contributed by atoms with Gasteiger partial charge in [0, 0.05) is 7.11 Å². The summed E-state index contributed by atoms with van der Waals surface area (Å²) in [5, 5.41) is 9.04. The molecule has 0 radical (unpaired) electrons. The molecular weight excluding hydrogens is 134 g/mol. The summed E-state index contributed by atoms with van der Waals surface area (Å²) in [6.45, 7) is 1.15. The summed E-state index contributed by atoms with van der Waals surface area (Å²) in [5.74, 6) is 0. The van der Waals surface area contributed by atoms with Crippen LogP contribution in [0.3, 0.4) is 0 Å². The second-order valence-electron chi connectivity index (χ2n) is 2.43. The van der Waals surface area contributed by atoms with Gasteiger partial charge >= 0.3 is 0 Å². The number of methoxy groups -OCH3 is 1. The molecule has 2 atom stereocenters. The lowest BCUT2D eigenvalue weighted by atomic mass is 10.3. The van der Waals surface area contributed by atoms with E-state index in [2.05, 4.69) is 0 Å². The summed E-state index contributed by atoms with van der Waals surface area (Å²) < 4.78 is 9.84. The highest BCUT2D eigenvalue weighted by Crippen LogP contribution is 2.11. The summed E-state index contributed by atoms with van der Waals surface area (Å²) in [4.78, 5) is 1.74. The zero-order chi connectivity index (χ0) is 7.56. The second kappa shape index (κ2) is 3.30. The highest BCUT2D eigenvalue weighted by atomic mass is 16.6. The van der Waals surface area contributed by atoms with Crippen molar-refractivity contribution in [3.05, 3.63) is 0 Å². The first-order valence-electron chi connectivity index (χ1n) is 3.26. The summed E-state index contributed by atoms with van der Waals surface area (Å²) >= 11 is 0. The number of hydrogen-bond donors (Lipinski definition) is 1. The van der Waals surface area contributed by atoms with E-state index in [0.717, 1.165) is 0 Å². The van der Waals surface area contributed by atoms with Gasteiger partial charge in [-0.1, -0.05) is 0 Å². The third kappa shape index (κ3) is 1.46. The fourth-order valence-corrected chi connectivity index (χ4v) is 0.971. The molecule has 4 nitrogen and oxygen atoms in total. The first-order valence-corrected chi connectivity index (χ1v) is 3.26. The van der Waals surface area contributed by atoms with Crippen LogP contribution in [0.4, 0.5) is 0 Å². The van der Waals surface area contributed by atoms with Gasteiger partial charge in [-0.15, -0.1) is 0 Å². The van der Waals surface area contributed by atoms with Gasteiger partial charge < -0.3 is 14.6 Å². The van der Waals surface area contributed by atoms with E-state index in [1.807, 2.05) is 0 Å². The van der Waals surface area contributed by atoms with Gasteiger partial charge in [0.05, 0.1) is 19.3 Å². The van der Waals surface area contributed by atoms with Crippen molar-refractivity contribution in [3.63, 3.8) is 0 Å². The molecule has 10 heavy (non-hydrogen) atoms. The monoisotopic (exact) mass is 147 g/mol. The van der Waals surface area contributed by atoms with E-state index in [-0.39, 0.29) is 6.04 Å². The van der Waals surface area contributed by atoms with Crippen molar-refractivity contribution < 1.29 is 14.6 Å². The fourth-order valence-electron chi connectivity index (χ4n) is 0.971. The Balaban J connectivity index is 2.33. The lowest BCUT2D eigenvalue weighted by Gasteiger charge is -2.18. The van der Waals surface area contributed by atoms with Gasteiger partial charge in [0.25, 0.3) is 0 Å². The number of hydrogen-bond acceptors (Lipinski definition) is 4. The minimum Gasteiger partial charge on any atom is -0.383 e. The number of rotatable bonds is 2. The van der Waals surface area contributed by atoms with Crippen LogP contribution < -0.4 is 0 Å². The minimum atomic E-state index is -0.750. The van der Waals surface area contributed by atoms with E-state index in [1.165, 1.54) is 0 Å². The van der Waals surface area contributed by atoms with E-state index < -0.39 is 6.41 Å². The van der Waals surface area contributed by atoms with Gasteiger partial charge in [0.2, 0.25) is 6.41 Å². The van der Waals surface area contributed by atoms with Crippen LogP contribution in [0.5, 0.6) is 0 Å². The first-order chi connectivity index (χ1) is 4.75. The summed E-state index contributed by atoms with van der Waals surface area (Å²) in [6.07, 6.45) is -0.750. The molecule has 1 N–H and O–H groups in total. The Morgan fingerprint density at radius 1 is 1.80 bits per heavy atom. The summed E-state index contributed by atoms with van der Waals surface area (Å²) in [5.41, 5.74) is 0. The molecule has 0 aromatic rings. The molecular formula is C6H13NO3. The molecule has 1 aliphatic heterocycles. The maximum Gasteiger partial charge on any atom is 0.216 e. The molecule has 1 heterocycles. The van der Waals surface area contributed by atoms with Crippen LogP contribution >= 0.6 is 0 Å². The summed E-state index contributed by atoms with van der Waals surface area (Å²) in [6, 6.07) is 0.194. The number of aliphatic hydroxyl groups excluding tert-OH is 1. The van der Waals surface area contributed by atoms with Gasteiger partial charge in [-0.3, -0.25) is 4.90 Å². The minimum absolute atomic E-state index is 0.194. The number of nitrogens with zero attached hydrogens (tertiary/aromatic N) is 1. The van der Waals surface area contributed by atoms with Crippen molar-refractivity contribution >= 4 is 0 Å². The van der Waals surface area contributed by atoms with Crippen molar-refractivity contribution in [3.8, 4) is 0 Å². The molecule has 0 aliphatic carbocycles. The van der Waals surface area contributed by atoms with Gasteiger partial charge in [-0.25, -0.2) is 0 Å². The van der Waals surface area contributed by atoms with Crippen molar-refractivity contribution in [2.75, 3.05) is 27.4 Å². The average molecular weight is 147 g/mol. The molecule has 1 unspecified atom stereocenters. The molecule has 60 valence electrons. The average Bonchev–Trinajstić information content (AvgIpc) is 2.20. The largest absolute Gasteiger partial charge is 0.383 e. The van der Waals surface area contributed by atoms with Gasteiger partial charge in [0.1, 0.15) is 0 Å². The molecule has 0 bridgehead atoms. The van der Waals surface area contributed by atoms with Crippen molar-refractivity contribution in [1.82, 2.24) is 4.90 Å². The molecule has 0 saturated carbocycles. The Bertz CT molecular complexity index is 107. The number of likely N-dealkylation sites (N-methyl/N-ethyl adjacent to an activating group) is 1.